The van der Waals surface area contributed by atoms with Crippen molar-refractivity contribution < 1.29 is 9.90 Å². The second-order valence-corrected chi connectivity index (χ2v) is 5.16. The van der Waals surface area contributed by atoms with Gasteiger partial charge in [-0.2, -0.15) is 0 Å². The van der Waals surface area contributed by atoms with Gasteiger partial charge in [-0.3, -0.25) is 4.79 Å². The van der Waals surface area contributed by atoms with Gasteiger partial charge in [-0.1, -0.05) is 32.1 Å². The number of unbranched alkanes of at least 4 members (excludes halogenated alkanes) is 6. The Morgan fingerprint density at radius 1 is 1.16 bits per heavy atom. The number of rotatable bonds is 10. The van der Waals surface area contributed by atoms with Crippen LogP contribution in [0, 0.1) is 4.77 Å². The molecule has 0 aliphatic heterocycles. The molecular formula is C14H22N2O2S. The van der Waals surface area contributed by atoms with E-state index in [1.54, 1.807) is 6.20 Å². The summed E-state index contributed by atoms with van der Waals surface area (Å²) in [5, 5.41) is 8.50. The summed E-state index contributed by atoms with van der Waals surface area (Å²) in [6, 6.07) is 1.97. The van der Waals surface area contributed by atoms with Crippen LogP contribution in [-0.4, -0.2) is 21.0 Å². The Kier molecular flexibility index (Phi) is 8.05. The summed E-state index contributed by atoms with van der Waals surface area (Å²) in [5.41, 5.74) is 1.15. The molecule has 0 aliphatic rings. The lowest BCUT2D eigenvalue weighted by Gasteiger charge is -2.02. The number of aliphatic carboxylic acids is 1. The first-order valence-electron chi connectivity index (χ1n) is 6.94. The zero-order chi connectivity index (χ0) is 13.9. The largest absolute Gasteiger partial charge is 0.481 e. The molecule has 0 radical (unpaired) electrons. The van der Waals surface area contributed by atoms with E-state index in [-0.39, 0.29) is 0 Å². The molecule has 0 spiro atoms. The number of nitrogens with one attached hydrogen (secondary N) is 1. The first kappa shape index (κ1) is 15.8. The van der Waals surface area contributed by atoms with Gasteiger partial charge >= 0.3 is 5.97 Å². The maximum Gasteiger partial charge on any atom is 0.303 e. The molecule has 1 heterocycles. The number of aromatic nitrogens is 2. The second-order valence-electron chi connectivity index (χ2n) is 4.77. The van der Waals surface area contributed by atoms with Crippen molar-refractivity contribution >= 4 is 18.2 Å². The quantitative estimate of drug-likeness (QED) is 0.505. The van der Waals surface area contributed by atoms with E-state index in [2.05, 4.69) is 9.97 Å². The third-order valence-corrected chi connectivity index (χ3v) is 3.28. The molecule has 106 valence electrons. The van der Waals surface area contributed by atoms with E-state index >= 15 is 0 Å². The second kappa shape index (κ2) is 9.67. The Morgan fingerprint density at radius 3 is 2.42 bits per heavy atom. The molecule has 0 fully saturated rings. The van der Waals surface area contributed by atoms with Gasteiger partial charge in [0.1, 0.15) is 0 Å². The van der Waals surface area contributed by atoms with E-state index in [9.17, 15) is 4.79 Å². The number of H-pyrrole nitrogens is 1. The summed E-state index contributed by atoms with van der Waals surface area (Å²) in [7, 11) is 0. The van der Waals surface area contributed by atoms with Crippen LogP contribution in [0.15, 0.2) is 12.3 Å². The minimum absolute atomic E-state index is 0.307. The highest BCUT2D eigenvalue weighted by atomic mass is 32.1. The van der Waals surface area contributed by atoms with Crippen LogP contribution in [0.4, 0.5) is 0 Å². The third-order valence-electron chi connectivity index (χ3n) is 3.07. The van der Waals surface area contributed by atoms with Crippen LogP contribution in [0.2, 0.25) is 0 Å². The molecule has 1 rings (SSSR count). The number of carboxylic acids is 1. The Hall–Kier alpha value is -1.23. The lowest BCUT2D eigenvalue weighted by Crippen LogP contribution is -1.94. The Labute approximate surface area is 119 Å². The SMILES string of the molecule is O=C(O)CCCCCCCCCc1ccnc(=S)[nH]1. The number of nitrogens with zero attached hydrogens (tertiary/aromatic N) is 1. The van der Waals surface area contributed by atoms with E-state index in [0.717, 1.165) is 37.8 Å². The summed E-state index contributed by atoms with van der Waals surface area (Å²) in [4.78, 5) is 17.4. The zero-order valence-electron chi connectivity index (χ0n) is 11.2. The van der Waals surface area contributed by atoms with Crippen LogP contribution in [0.25, 0.3) is 0 Å². The highest BCUT2D eigenvalue weighted by molar-refractivity contribution is 7.71. The molecule has 1 aromatic heterocycles. The van der Waals surface area contributed by atoms with Crippen LogP contribution in [0.3, 0.4) is 0 Å². The molecule has 0 amide bonds. The van der Waals surface area contributed by atoms with Crippen molar-refractivity contribution in [2.24, 2.45) is 0 Å². The van der Waals surface area contributed by atoms with Crippen LogP contribution in [-0.2, 0) is 11.2 Å². The van der Waals surface area contributed by atoms with Crippen molar-refractivity contribution in [2.75, 3.05) is 0 Å². The van der Waals surface area contributed by atoms with Crippen molar-refractivity contribution in [2.45, 2.75) is 57.8 Å². The lowest BCUT2D eigenvalue weighted by atomic mass is 10.1. The third kappa shape index (κ3) is 8.48. The molecule has 0 bridgehead atoms. The molecule has 0 saturated carbocycles. The summed E-state index contributed by atoms with van der Waals surface area (Å²) < 4.78 is 0.552. The first-order valence-corrected chi connectivity index (χ1v) is 7.35. The van der Waals surface area contributed by atoms with Crippen molar-refractivity contribution in [3.05, 3.63) is 22.7 Å². The van der Waals surface area contributed by atoms with E-state index in [1.807, 2.05) is 6.07 Å². The predicted octanol–water partition coefficient (Wildman–Crippen LogP) is 3.89. The van der Waals surface area contributed by atoms with E-state index in [0.29, 0.717) is 11.2 Å². The fraction of sp³-hybridized carbons (Fsp3) is 0.643. The highest BCUT2D eigenvalue weighted by Gasteiger charge is 1.97. The van der Waals surface area contributed by atoms with Gasteiger partial charge in [0, 0.05) is 18.3 Å². The zero-order valence-corrected chi connectivity index (χ0v) is 12.0. The maximum atomic E-state index is 10.3. The fourth-order valence-electron chi connectivity index (χ4n) is 2.03. The molecule has 0 unspecified atom stereocenters. The van der Waals surface area contributed by atoms with Crippen molar-refractivity contribution in [3.63, 3.8) is 0 Å². The fourth-order valence-corrected chi connectivity index (χ4v) is 2.22. The lowest BCUT2D eigenvalue weighted by molar-refractivity contribution is -0.137. The first-order chi connectivity index (χ1) is 9.18. The molecule has 2 N–H and O–H groups in total. The molecule has 0 aromatic carbocycles. The van der Waals surface area contributed by atoms with E-state index in [4.69, 9.17) is 17.3 Å². The summed E-state index contributed by atoms with van der Waals surface area (Å²) in [6.07, 6.45) is 10.8. The Morgan fingerprint density at radius 2 is 1.79 bits per heavy atom. The molecule has 19 heavy (non-hydrogen) atoms. The van der Waals surface area contributed by atoms with Crippen LogP contribution >= 0.6 is 12.2 Å². The molecule has 4 nitrogen and oxygen atoms in total. The molecule has 0 saturated heterocycles. The summed E-state index contributed by atoms with van der Waals surface area (Å²) >= 11 is 4.97. The van der Waals surface area contributed by atoms with Gasteiger partial charge in [-0.05, 0) is 37.5 Å². The van der Waals surface area contributed by atoms with E-state index in [1.165, 1.54) is 19.3 Å². The number of aromatic amines is 1. The molecule has 0 aliphatic carbocycles. The topological polar surface area (TPSA) is 66.0 Å². The standard InChI is InChI=1S/C14H22N2O2S/c17-13(18)9-7-5-3-1-2-4-6-8-12-10-11-15-14(19)16-12/h10-11H,1-9H2,(H,17,18)(H,15,16,19). The summed E-state index contributed by atoms with van der Waals surface area (Å²) in [6.45, 7) is 0. The highest BCUT2D eigenvalue weighted by Crippen LogP contribution is 2.10. The number of aryl methyl sites for hydroxylation is 1. The van der Waals surface area contributed by atoms with Crippen molar-refractivity contribution in [3.8, 4) is 0 Å². The molecule has 5 heteroatoms. The molecule has 0 atom stereocenters. The van der Waals surface area contributed by atoms with Crippen LogP contribution in [0.1, 0.15) is 57.1 Å². The van der Waals surface area contributed by atoms with Gasteiger partial charge in [0.2, 0.25) is 0 Å². The number of carboxylic acid groups (broad SMARTS) is 1. The van der Waals surface area contributed by atoms with Crippen molar-refractivity contribution in [1.82, 2.24) is 9.97 Å². The minimum Gasteiger partial charge on any atom is -0.481 e. The van der Waals surface area contributed by atoms with E-state index < -0.39 is 5.97 Å². The van der Waals surface area contributed by atoms with Crippen molar-refractivity contribution in [1.29, 1.82) is 0 Å². The maximum absolute atomic E-state index is 10.3. The van der Waals surface area contributed by atoms with Crippen LogP contribution in [0.5, 0.6) is 0 Å². The summed E-state index contributed by atoms with van der Waals surface area (Å²) in [5.74, 6) is -0.685. The van der Waals surface area contributed by atoms with Gasteiger partial charge < -0.3 is 10.1 Å². The smallest absolute Gasteiger partial charge is 0.303 e. The number of hydrogen-bond acceptors (Lipinski definition) is 3. The average Bonchev–Trinajstić information content (AvgIpc) is 2.36. The van der Waals surface area contributed by atoms with Gasteiger partial charge in [0.25, 0.3) is 0 Å². The predicted molar refractivity (Wildman–Crippen MR) is 77.7 cm³/mol. The monoisotopic (exact) mass is 282 g/mol. The Bertz CT molecular complexity index is 431. The molecule has 1 aromatic rings. The van der Waals surface area contributed by atoms with Gasteiger partial charge in [-0.15, -0.1) is 0 Å². The minimum atomic E-state index is -0.685. The van der Waals surface area contributed by atoms with Gasteiger partial charge in [0.15, 0.2) is 4.77 Å². The average molecular weight is 282 g/mol. The van der Waals surface area contributed by atoms with Gasteiger partial charge in [0.05, 0.1) is 0 Å². The Balaban J connectivity index is 1.94. The molecular weight excluding hydrogens is 260 g/mol. The normalized spacial score (nSPS) is 10.5. The number of carbonyl (C=O) groups is 1. The van der Waals surface area contributed by atoms with Gasteiger partial charge in [-0.25, -0.2) is 4.98 Å². The van der Waals surface area contributed by atoms with Crippen LogP contribution < -0.4 is 0 Å². The number of hydrogen-bond donors (Lipinski definition) is 2.